The van der Waals surface area contributed by atoms with Crippen molar-refractivity contribution in [3.05, 3.63) is 24.3 Å². The topological polar surface area (TPSA) is 82.9 Å². The van der Waals surface area contributed by atoms with E-state index in [1.807, 2.05) is 0 Å². The van der Waals surface area contributed by atoms with E-state index in [0.29, 0.717) is 42.9 Å². The van der Waals surface area contributed by atoms with Crippen molar-refractivity contribution in [1.82, 2.24) is 10.9 Å². The number of hydrogen-bond donors (Lipinski definition) is 2. The lowest BCUT2D eigenvalue weighted by atomic mass is 9.74. The van der Waals surface area contributed by atoms with Gasteiger partial charge in [-0.05, 0) is 43.9 Å². The molecule has 0 radical (unpaired) electrons. The fourth-order valence-electron chi connectivity index (χ4n) is 4.11. The summed E-state index contributed by atoms with van der Waals surface area (Å²) >= 11 is 0. The van der Waals surface area contributed by atoms with E-state index in [9.17, 15) is 9.59 Å². The molecule has 0 aliphatic heterocycles. The Labute approximate surface area is 147 Å². The molecule has 132 valence electrons. The van der Waals surface area contributed by atoms with E-state index in [1.54, 1.807) is 0 Å². The molecule has 4 rings (SSSR count). The minimum Gasteiger partial charge on any atom is -0.273 e. The molecular formula is C19H24N4O2. The largest absolute Gasteiger partial charge is 0.273 e. The molecule has 0 spiro atoms. The third-order valence-corrected chi connectivity index (χ3v) is 5.75. The summed E-state index contributed by atoms with van der Waals surface area (Å²) < 4.78 is 0. The molecule has 6 heteroatoms. The smallest absolute Gasteiger partial charge is 0.240 e. The summed E-state index contributed by atoms with van der Waals surface area (Å²) in [5.74, 6) is 2.01. The van der Waals surface area contributed by atoms with E-state index in [0.717, 1.165) is 37.1 Å². The summed E-state index contributed by atoms with van der Waals surface area (Å²) in [6.45, 7) is 0. The SMILES string of the molecule is O=C(CCCC(=O)N/N=C1\CC2CC=CC12)N/N=C1\CC2CC=CC12. The summed E-state index contributed by atoms with van der Waals surface area (Å²) in [5, 5.41) is 8.43. The molecule has 2 N–H and O–H groups in total. The predicted molar refractivity (Wildman–Crippen MR) is 95.7 cm³/mol. The zero-order chi connectivity index (χ0) is 17.2. The van der Waals surface area contributed by atoms with Gasteiger partial charge in [-0.2, -0.15) is 10.2 Å². The van der Waals surface area contributed by atoms with Gasteiger partial charge in [0.25, 0.3) is 0 Å². The van der Waals surface area contributed by atoms with Gasteiger partial charge in [0.05, 0.1) is 0 Å². The van der Waals surface area contributed by atoms with Crippen molar-refractivity contribution >= 4 is 23.2 Å². The minimum atomic E-state index is -0.130. The molecule has 0 aromatic heterocycles. The number of nitrogens with one attached hydrogen (secondary N) is 2. The number of carbonyl (C=O) groups excluding carboxylic acids is 2. The van der Waals surface area contributed by atoms with Crippen LogP contribution in [0, 0.1) is 23.7 Å². The van der Waals surface area contributed by atoms with Gasteiger partial charge in [0.2, 0.25) is 11.8 Å². The van der Waals surface area contributed by atoms with Gasteiger partial charge in [0.15, 0.2) is 0 Å². The van der Waals surface area contributed by atoms with Gasteiger partial charge in [0.1, 0.15) is 0 Å². The Hall–Kier alpha value is -2.24. The molecule has 0 heterocycles. The highest BCUT2D eigenvalue weighted by Crippen LogP contribution is 2.40. The lowest BCUT2D eigenvalue weighted by molar-refractivity contribution is -0.122. The average Bonchev–Trinajstić information content (AvgIpc) is 3.11. The Morgan fingerprint density at radius 1 is 0.880 bits per heavy atom. The molecule has 2 saturated carbocycles. The lowest BCUT2D eigenvalue weighted by Crippen LogP contribution is -2.35. The van der Waals surface area contributed by atoms with Crippen molar-refractivity contribution in [2.75, 3.05) is 0 Å². The minimum absolute atomic E-state index is 0.130. The fourth-order valence-corrected chi connectivity index (χ4v) is 4.11. The first-order valence-corrected chi connectivity index (χ1v) is 9.24. The van der Waals surface area contributed by atoms with E-state index in [-0.39, 0.29) is 11.8 Å². The van der Waals surface area contributed by atoms with E-state index >= 15 is 0 Å². The van der Waals surface area contributed by atoms with E-state index < -0.39 is 0 Å². The normalized spacial score (nSPS) is 34.4. The van der Waals surface area contributed by atoms with Gasteiger partial charge in [-0.15, -0.1) is 0 Å². The van der Waals surface area contributed by atoms with Gasteiger partial charge < -0.3 is 0 Å². The van der Waals surface area contributed by atoms with Crippen molar-refractivity contribution in [3.63, 3.8) is 0 Å². The van der Waals surface area contributed by atoms with Crippen molar-refractivity contribution in [1.29, 1.82) is 0 Å². The summed E-state index contributed by atoms with van der Waals surface area (Å²) in [4.78, 5) is 23.6. The second kappa shape index (κ2) is 6.94. The highest BCUT2D eigenvalue weighted by molar-refractivity contribution is 5.96. The van der Waals surface area contributed by atoms with Crippen LogP contribution in [0.5, 0.6) is 0 Å². The van der Waals surface area contributed by atoms with Gasteiger partial charge in [-0.25, -0.2) is 10.9 Å². The number of fused-ring (bicyclic) bond motifs is 2. The van der Waals surface area contributed by atoms with Crippen LogP contribution in [0.25, 0.3) is 0 Å². The van der Waals surface area contributed by atoms with Crippen LogP contribution >= 0.6 is 0 Å². The van der Waals surface area contributed by atoms with Crippen molar-refractivity contribution in [2.45, 2.75) is 44.9 Å². The van der Waals surface area contributed by atoms with E-state index in [2.05, 4.69) is 45.4 Å². The average molecular weight is 340 g/mol. The summed E-state index contributed by atoms with van der Waals surface area (Å²) in [6, 6.07) is 0. The highest BCUT2D eigenvalue weighted by Gasteiger charge is 2.38. The van der Waals surface area contributed by atoms with E-state index in [4.69, 9.17) is 0 Å². The second-order valence-electron chi connectivity index (χ2n) is 7.44. The van der Waals surface area contributed by atoms with Gasteiger partial charge >= 0.3 is 0 Å². The van der Waals surface area contributed by atoms with Gasteiger partial charge in [-0.1, -0.05) is 24.3 Å². The number of allylic oxidation sites excluding steroid dienone is 4. The quantitative estimate of drug-likeness (QED) is 0.574. The zero-order valence-electron chi connectivity index (χ0n) is 14.3. The standard InChI is InChI=1S/C19H24N4O2/c24-18(22-20-16-10-12-4-1-6-14(12)16)8-3-9-19(25)23-21-17-11-13-5-2-7-15(13)17/h1-2,6-7,12-15H,3-5,8-11H2,(H,22,24)(H,23,25)/b20-16+,21-17+. The molecule has 2 amide bonds. The Kier molecular flexibility index (Phi) is 4.51. The first kappa shape index (κ1) is 16.2. The Morgan fingerprint density at radius 3 is 1.80 bits per heavy atom. The third-order valence-electron chi connectivity index (χ3n) is 5.75. The molecule has 0 saturated heterocycles. The molecule has 4 unspecified atom stereocenters. The molecule has 4 aliphatic rings. The van der Waals surface area contributed by atoms with Crippen LogP contribution in [0.1, 0.15) is 44.9 Å². The third kappa shape index (κ3) is 3.43. The van der Waals surface area contributed by atoms with Crippen molar-refractivity contribution in [3.8, 4) is 0 Å². The first-order chi connectivity index (χ1) is 12.2. The number of rotatable bonds is 6. The van der Waals surface area contributed by atoms with Crippen LogP contribution in [0.4, 0.5) is 0 Å². The maximum absolute atomic E-state index is 11.8. The molecule has 2 fully saturated rings. The molecule has 4 aliphatic carbocycles. The van der Waals surface area contributed by atoms with Crippen LogP contribution in [0.15, 0.2) is 34.5 Å². The van der Waals surface area contributed by atoms with Crippen molar-refractivity contribution in [2.24, 2.45) is 33.9 Å². The second-order valence-corrected chi connectivity index (χ2v) is 7.44. The van der Waals surface area contributed by atoms with Crippen LogP contribution in [-0.4, -0.2) is 23.2 Å². The molecular weight excluding hydrogens is 316 g/mol. The van der Waals surface area contributed by atoms with Crippen LogP contribution in [0.3, 0.4) is 0 Å². The molecule has 0 aromatic carbocycles. The molecule has 25 heavy (non-hydrogen) atoms. The van der Waals surface area contributed by atoms with Crippen molar-refractivity contribution < 1.29 is 9.59 Å². The highest BCUT2D eigenvalue weighted by atomic mass is 16.2. The number of carbonyl (C=O) groups is 2. The summed E-state index contributed by atoms with van der Waals surface area (Å²) in [5.41, 5.74) is 7.37. The maximum Gasteiger partial charge on any atom is 0.240 e. The Morgan fingerprint density at radius 2 is 1.36 bits per heavy atom. The molecule has 0 aromatic rings. The zero-order valence-corrected chi connectivity index (χ0v) is 14.3. The number of nitrogens with zero attached hydrogens (tertiary/aromatic N) is 2. The summed E-state index contributed by atoms with van der Waals surface area (Å²) in [7, 11) is 0. The predicted octanol–water partition coefficient (Wildman–Crippen LogP) is 2.29. The van der Waals surface area contributed by atoms with Gasteiger partial charge in [0, 0.05) is 36.1 Å². The van der Waals surface area contributed by atoms with Gasteiger partial charge in [-0.3, -0.25) is 9.59 Å². The molecule has 4 atom stereocenters. The van der Waals surface area contributed by atoms with Crippen LogP contribution < -0.4 is 10.9 Å². The maximum atomic E-state index is 11.8. The Balaban J connectivity index is 1.11. The van der Waals surface area contributed by atoms with E-state index in [1.165, 1.54) is 0 Å². The lowest BCUT2D eigenvalue weighted by Gasteiger charge is -2.31. The number of amides is 2. The first-order valence-electron chi connectivity index (χ1n) is 9.24. The Bertz CT molecular complexity index is 634. The number of hydrazone groups is 2. The van der Waals surface area contributed by atoms with Crippen LogP contribution in [0.2, 0.25) is 0 Å². The van der Waals surface area contributed by atoms with Crippen LogP contribution in [-0.2, 0) is 9.59 Å². The monoisotopic (exact) mass is 340 g/mol. The summed E-state index contributed by atoms with van der Waals surface area (Å²) in [6.07, 6.45) is 14.1. The fraction of sp³-hybridized carbons (Fsp3) is 0.579. The molecule has 0 bridgehead atoms. The molecule has 6 nitrogen and oxygen atoms in total. The number of hydrogen-bond acceptors (Lipinski definition) is 4.